The van der Waals surface area contributed by atoms with Crippen molar-refractivity contribution < 1.29 is 5.21 Å². The van der Waals surface area contributed by atoms with Crippen molar-refractivity contribution in [3.63, 3.8) is 0 Å². The molecule has 2 atom stereocenters. The summed E-state index contributed by atoms with van der Waals surface area (Å²) in [4.78, 5) is 0. The third kappa shape index (κ3) is 7.03. The molecule has 0 amide bonds. The Morgan fingerprint density at radius 2 is 2.14 bits per heavy atom. The molecular weight excluding hydrogens is 198 g/mol. The van der Waals surface area contributed by atoms with E-state index in [9.17, 15) is 0 Å². The van der Waals surface area contributed by atoms with Gasteiger partial charge in [-0.1, -0.05) is 12.1 Å². The number of nitrogens with zero attached hydrogens (tertiary/aromatic N) is 1. The standard InChI is InChI=1S/C9H21N3OS/c1-4-14-6-8(3)11-7(2)5-9(10)12-13/h7-8,11,13H,4-6H2,1-3H3,(H2,10,12). The lowest BCUT2D eigenvalue weighted by atomic mass is 10.2. The number of nitrogens with one attached hydrogen (secondary N) is 1. The number of oxime groups is 1. The molecule has 0 bridgehead atoms. The highest BCUT2D eigenvalue weighted by molar-refractivity contribution is 7.99. The molecule has 0 aliphatic heterocycles. The fourth-order valence-electron chi connectivity index (χ4n) is 1.24. The predicted octanol–water partition coefficient (Wildman–Crippen LogP) is 1.24. The minimum absolute atomic E-state index is 0.248. The van der Waals surface area contributed by atoms with Crippen LogP contribution in [0.15, 0.2) is 5.16 Å². The van der Waals surface area contributed by atoms with E-state index in [4.69, 9.17) is 10.9 Å². The number of thioether (sulfide) groups is 1. The number of nitrogens with two attached hydrogens (primary N) is 1. The van der Waals surface area contributed by atoms with E-state index in [0.29, 0.717) is 12.5 Å². The van der Waals surface area contributed by atoms with Gasteiger partial charge in [0.1, 0.15) is 5.84 Å². The van der Waals surface area contributed by atoms with E-state index >= 15 is 0 Å². The Morgan fingerprint density at radius 3 is 2.64 bits per heavy atom. The van der Waals surface area contributed by atoms with Crippen molar-refractivity contribution in [1.29, 1.82) is 0 Å². The highest BCUT2D eigenvalue weighted by Gasteiger charge is 2.08. The van der Waals surface area contributed by atoms with Gasteiger partial charge >= 0.3 is 0 Å². The predicted molar refractivity (Wildman–Crippen MR) is 63.1 cm³/mol. The molecule has 4 nitrogen and oxygen atoms in total. The minimum Gasteiger partial charge on any atom is -0.409 e. The number of hydrogen-bond acceptors (Lipinski definition) is 4. The molecule has 0 aliphatic carbocycles. The van der Waals surface area contributed by atoms with Crippen LogP contribution in [0.2, 0.25) is 0 Å². The third-order valence-corrected chi connectivity index (χ3v) is 2.93. The van der Waals surface area contributed by atoms with Gasteiger partial charge in [0.2, 0.25) is 0 Å². The number of rotatable bonds is 7. The van der Waals surface area contributed by atoms with Crippen molar-refractivity contribution >= 4 is 17.6 Å². The van der Waals surface area contributed by atoms with Gasteiger partial charge in [-0.25, -0.2) is 0 Å². The van der Waals surface area contributed by atoms with Gasteiger partial charge < -0.3 is 16.3 Å². The summed E-state index contributed by atoms with van der Waals surface area (Å²) in [6.45, 7) is 6.33. The first-order valence-corrected chi connectivity index (χ1v) is 6.05. The summed E-state index contributed by atoms with van der Waals surface area (Å²) in [5.74, 6) is 2.51. The Hall–Kier alpha value is -0.420. The molecule has 84 valence electrons. The van der Waals surface area contributed by atoms with Crippen LogP contribution in [0.5, 0.6) is 0 Å². The van der Waals surface area contributed by atoms with Crippen LogP contribution < -0.4 is 11.1 Å². The summed E-state index contributed by atoms with van der Waals surface area (Å²) in [7, 11) is 0. The Morgan fingerprint density at radius 1 is 1.50 bits per heavy atom. The molecule has 0 aromatic heterocycles. The molecular formula is C9H21N3OS. The van der Waals surface area contributed by atoms with Crippen LogP contribution in [-0.4, -0.2) is 34.6 Å². The van der Waals surface area contributed by atoms with Gasteiger partial charge in [-0.2, -0.15) is 11.8 Å². The molecule has 4 N–H and O–H groups in total. The topological polar surface area (TPSA) is 70.6 Å². The Balaban J connectivity index is 3.65. The van der Waals surface area contributed by atoms with Gasteiger partial charge in [-0.3, -0.25) is 0 Å². The molecule has 0 aliphatic rings. The van der Waals surface area contributed by atoms with Crippen molar-refractivity contribution in [1.82, 2.24) is 5.32 Å². The monoisotopic (exact) mass is 219 g/mol. The van der Waals surface area contributed by atoms with Gasteiger partial charge in [0, 0.05) is 24.3 Å². The van der Waals surface area contributed by atoms with E-state index in [-0.39, 0.29) is 11.9 Å². The molecule has 0 fully saturated rings. The Kier molecular flexibility index (Phi) is 7.70. The van der Waals surface area contributed by atoms with Crippen LogP contribution in [0.1, 0.15) is 27.2 Å². The molecule has 0 rings (SSSR count). The van der Waals surface area contributed by atoms with Crippen molar-refractivity contribution in [2.24, 2.45) is 10.9 Å². The molecule has 0 aromatic carbocycles. The van der Waals surface area contributed by atoms with Gasteiger partial charge in [-0.15, -0.1) is 0 Å². The molecule has 0 heterocycles. The summed E-state index contributed by atoms with van der Waals surface area (Å²) in [6, 6.07) is 0.708. The molecule has 2 unspecified atom stereocenters. The second-order valence-electron chi connectivity index (χ2n) is 3.42. The maximum Gasteiger partial charge on any atom is 0.140 e. The SMILES string of the molecule is CCSCC(C)NC(C)CC(N)=NO. The lowest BCUT2D eigenvalue weighted by Gasteiger charge is -2.18. The van der Waals surface area contributed by atoms with E-state index in [0.717, 1.165) is 11.5 Å². The van der Waals surface area contributed by atoms with E-state index in [1.807, 2.05) is 18.7 Å². The summed E-state index contributed by atoms with van der Waals surface area (Å²) in [6.07, 6.45) is 0.581. The highest BCUT2D eigenvalue weighted by atomic mass is 32.2. The van der Waals surface area contributed by atoms with Gasteiger partial charge in [0.15, 0.2) is 0 Å². The van der Waals surface area contributed by atoms with E-state index in [1.165, 1.54) is 0 Å². The third-order valence-electron chi connectivity index (χ3n) is 1.78. The lowest BCUT2D eigenvalue weighted by molar-refractivity contribution is 0.315. The second-order valence-corrected chi connectivity index (χ2v) is 4.74. The summed E-state index contributed by atoms with van der Waals surface area (Å²) in [5.41, 5.74) is 5.40. The molecule has 0 saturated heterocycles. The number of amidine groups is 1. The normalized spacial score (nSPS) is 16.6. The first kappa shape index (κ1) is 13.6. The summed E-state index contributed by atoms with van der Waals surface area (Å²) >= 11 is 1.91. The van der Waals surface area contributed by atoms with Crippen LogP contribution >= 0.6 is 11.8 Å². The van der Waals surface area contributed by atoms with Gasteiger partial charge in [-0.05, 0) is 19.6 Å². The smallest absolute Gasteiger partial charge is 0.140 e. The fourth-order valence-corrected chi connectivity index (χ4v) is 1.93. The van der Waals surface area contributed by atoms with Crippen molar-refractivity contribution in [3.8, 4) is 0 Å². The van der Waals surface area contributed by atoms with Crippen LogP contribution in [0.4, 0.5) is 0 Å². The van der Waals surface area contributed by atoms with E-state index < -0.39 is 0 Å². The zero-order valence-corrected chi connectivity index (χ0v) is 9.97. The zero-order chi connectivity index (χ0) is 11.0. The molecule has 0 saturated carbocycles. The van der Waals surface area contributed by atoms with E-state index in [1.54, 1.807) is 0 Å². The molecule has 14 heavy (non-hydrogen) atoms. The molecule has 0 aromatic rings. The largest absolute Gasteiger partial charge is 0.409 e. The molecule has 0 radical (unpaired) electrons. The average Bonchev–Trinajstić information content (AvgIpc) is 2.14. The van der Waals surface area contributed by atoms with Crippen molar-refractivity contribution in [2.75, 3.05) is 11.5 Å². The fraction of sp³-hybridized carbons (Fsp3) is 0.889. The lowest BCUT2D eigenvalue weighted by Crippen LogP contribution is -2.38. The van der Waals surface area contributed by atoms with Crippen LogP contribution in [0.3, 0.4) is 0 Å². The quantitative estimate of drug-likeness (QED) is 0.261. The van der Waals surface area contributed by atoms with Crippen molar-refractivity contribution in [2.45, 2.75) is 39.3 Å². The Labute approximate surface area is 90.3 Å². The molecule has 0 spiro atoms. The summed E-state index contributed by atoms with van der Waals surface area (Å²) < 4.78 is 0. The maximum absolute atomic E-state index is 8.39. The molecule has 5 heteroatoms. The maximum atomic E-state index is 8.39. The van der Waals surface area contributed by atoms with Crippen LogP contribution in [0, 0.1) is 0 Å². The van der Waals surface area contributed by atoms with Crippen molar-refractivity contribution in [3.05, 3.63) is 0 Å². The summed E-state index contributed by atoms with van der Waals surface area (Å²) in [5, 5.41) is 14.7. The van der Waals surface area contributed by atoms with Gasteiger partial charge in [0.05, 0.1) is 0 Å². The first-order chi connectivity index (χ1) is 6.60. The Bertz CT molecular complexity index is 175. The zero-order valence-electron chi connectivity index (χ0n) is 9.16. The second kappa shape index (κ2) is 7.94. The van der Waals surface area contributed by atoms with E-state index in [2.05, 4.69) is 24.3 Å². The highest BCUT2D eigenvalue weighted by Crippen LogP contribution is 2.03. The van der Waals surface area contributed by atoms with Crippen LogP contribution in [-0.2, 0) is 0 Å². The van der Waals surface area contributed by atoms with Crippen LogP contribution in [0.25, 0.3) is 0 Å². The van der Waals surface area contributed by atoms with Gasteiger partial charge in [0.25, 0.3) is 0 Å². The minimum atomic E-state index is 0.248. The average molecular weight is 219 g/mol. The number of hydrogen-bond donors (Lipinski definition) is 3. The first-order valence-electron chi connectivity index (χ1n) is 4.90.